The van der Waals surface area contributed by atoms with Crippen LogP contribution in [0.25, 0.3) is 0 Å². The molecule has 84 valence electrons. The third-order valence-electron chi connectivity index (χ3n) is 1.58. The molecule has 0 amide bonds. The molecule has 0 aliphatic rings. The lowest BCUT2D eigenvalue weighted by Crippen LogP contribution is -2.15. The smallest absolute Gasteiger partial charge is 0.349 e. The minimum Gasteiger partial charge on any atom is -0.456 e. The van der Waals surface area contributed by atoms with Gasteiger partial charge in [-0.15, -0.1) is 6.42 Å². The molecule has 3 N–H and O–H groups in total. The summed E-state index contributed by atoms with van der Waals surface area (Å²) in [6.45, 7) is 1.56. The topological polar surface area (TPSA) is 116 Å². The molecule has 8 heteroatoms. The number of hydrogen-bond donors (Lipinski definition) is 2. The molecule has 1 heterocycles. The summed E-state index contributed by atoms with van der Waals surface area (Å²) >= 11 is 0. The molecule has 1 rings (SSSR count). The molecule has 8 nitrogen and oxygen atoms in total. The van der Waals surface area contributed by atoms with Crippen LogP contribution in [0, 0.1) is 22.5 Å². The molecule has 0 saturated heterocycles. The molecule has 1 atom stereocenters. The van der Waals surface area contributed by atoms with E-state index in [0.29, 0.717) is 0 Å². The highest BCUT2D eigenvalue weighted by molar-refractivity contribution is 5.43. The summed E-state index contributed by atoms with van der Waals surface area (Å²) in [5.74, 6) is 7.11. The molecular weight excluding hydrogens is 214 g/mol. The molecule has 0 saturated carbocycles. The van der Waals surface area contributed by atoms with Gasteiger partial charge in [0.15, 0.2) is 6.10 Å². The van der Waals surface area contributed by atoms with Crippen LogP contribution in [0.2, 0.25) is 0 Å². The van der Waals surface area contributed by atoms with Gasteiger partial charge in [-0.2, -0.15) is 4.98 Å². The SMILES string of the molecule is C#CC(C)Oc1nc(NN)ncc1[N+](=O)[O-]. The second-order valence-electron chi connectivity index (χ2n) is 2.71. The van der Waals surface area contributed by atoms with E-state index < -0.39 is 11.0 Å². The lowest BCUT2D eigenvalue weighted by molar-refractivity contribution is -0.386. The van der Waals surface area contributed by atoms with Crippen molar-refractivity contribution in [1.82, 2.24) is 9.97 Å². The van der Waals surface area contributed by atoms with Gasteiger partial charge in [-0.05, 0) is 6.92 Å². The van der Waals surface area contributed by atoms with Crippen molar-refractivity contribution in [3.05, 3.63) is 16.3 Å². The van der Waals surface area contributed by atoms with Crippen molar-refractivity contribution in [1.29, 1.82) is 0 Å². The van der Waals surface area contributed by atoms with Gasteiger partial charge in [-0.1, -0.05) is 5.92 Å². The number of aromatic nitrogens is 2. The van der Waals surface area contributed by atoms with Gasteiger partial charge in [0.2, 0.25) is 5.95 Å². The fraction of sp³-hybridized carbons (Fsp3) is 0.250. The monoisotopic (exact) mass is 223 g/mol. The van der Waals surface area contributed by atoms with Gasteiger partial charge in [0.25, 0.3) is 5.88 Å². The van der Waals surface area contributed by atoms with E-state index in [1.165, 1.54) is 0 Å². The first-order valence-corrected chi connectivity index (χ1v) is 4.19. The van der Waals surface area contributed by atoms with E-state index in [4.69, 9.17) is 17.0 Å². The molecule has 0 aliphatic carbocycles. The molecule has 1 aromatic rings. The van der Waals surface area contributed by atoms with Crippen LogP contribution in [0.3, 0.4) is 0 Å². The zero-order valence-electron chi connectivity index (χ0n) is 8.38. The number of nitrogens with one attached hydrogen (secondary N) is 1. The molecule has 1 aromatic heterocycles. The van der Waals surface area contributed by atoms with Gasteiger partial charge >= 0.3 is 5.69 Å². The van der Waals surface area contributed by atoms with Crippen molar-refractivity contribution in [2.75, 3.05) is 5.43 Å². The van der Waals surface area contributed by atoms with E-state index in [2.05, 4.69) is 21.3 Å². The molecule has 16 heavy (non-hydrogen) atoms. The number of hydrogen-bond acceptors (Lipinski definition) is 7. The maximum atomic E-state index is 10.6. The first kappa shape index (κ1) is 11.7. The van der Waals surface area contributed by atoms with E-state index in [-0.39, 0.29) is 17.5 Å². The average molecular weight is 223 g/mol. The van der Waals surface area contributed by atoms with E-state index >= 15 is 0 Å². The Labute approximate surface area is 91.0 Å². The summed E-state index contributed by atoms with van der Waals surface area (Å²) in [7, 11) is 0. The minimum atomic E-state index is -0.668. The number of nitrogen functional groups attached to an aromatic ring is 1. The Balaban J connectivity index is 3.11. The van der Waals surface area contributed by atoms with Crippen molar-refractivity contribution >= 4 is 11.6 Å². The van der Waals surface area contributed by atoms with Crippen molar-refractivity contribution in [2.24, 2.45) is 5.84 Å². The van der Waals surface area contributed by atoms with E-state index in [1.54, 1.807) is 6.92 Å². The fourth-order valence-corrected chi connectivity index (χ4v) is 0.843. The Morgan fingerprint density at radius 1 is 1.81 bits per heavy atom. The normalized spacial score (nSPS) is 11.3. The third kappa shape index (κ3) is 2.55. The molecule has 0 bridgehead atoms. The Kier molecular flexibility index (Phi) is 3.58. The third-order valence-corrected chi connectivity index (χ3v) is 1.58. The van der Waals surface area contributed by atoms with Crippen LogP contribution in [-0.2, 0) is 0 Å². The summed E-state index contributed by atoms with van der Waals surface area (Å²) in [6, 6.07) is 0. The second kappa shape index (κ2) is 4.90. The van der Waals surface area contributed by atoms with Gasteiger partial charge < -0.3 is 4.74 Å². The maximum absolute atomic E-state index is 10.6. The number of nitrogens with two attached hydrogens (primary N) is 1. The summed E-state index contributed by atoms with van der Waals surface area (Å²) in [6.07, 6.45) is 5.44. The highest BCUT2D eigenvalue weighted by Crippen LogP contribution is 2.24. The molecule has 1 unspecified atom stereocenters. The fourth-order valence-electron chi connectivity index (χ4n) is 0.843. The number of rotatable bonds is 4. The first-order chi connectivity index (χ1) is 7.58. The van der Waals surface area contributed by atoms with Crippen LogP contribution >= 0.6 is 0 Å². The quantitative estimate of drug-likeness (QED) is 0.321. The van der Waals surface area contributed by atoms with Gasteiger partial charge in [-0.25, -0.2) is 10.8 Å². The van der Waals surface area contributed by atoms with Crippen LogP contribution < -0.4 is 16.0 Å². The van der Waals surface area contributed by atoms with Crippen molar-refractivity contribution in [3.8, 4) is 18.2 Å². The Morgan fingerprint density at radius 2 is 2.50 bits per heavy atom. The average Bonchev–Trinajstić information content (AvgIpc) is 2.28. The zero-order valence-corrected chi connectivity index (χ0v) is 8.38. The Morgan fingerprint density at radius 3 is 3.00 bits per heavy atom. The molecule has 0 fully saturated rings. The number of nitrogens with zero attached hydrogens (tertiary/aromatic N) is 3. The van der Waals surface area contributed by atoms with E-state index in [1.807, 2.05) is 0 Å². The highest BCUT2D eigenvalue weighted by Gasteiger charge is 2.20. The van der Waals surface area contributed by atoms with Crippen LogP contribution in [-0.4, -0.2) is 21.0 Å². The highest BCUT2D eigenvalue weighted by atomic mass is 16.6. The lowest BCUT2D eigenvalue weighted by Gasteiger charge is -2.08. The second-order valence-corrected chi connectivity index (χ2v) is 2.71. The lowest BCUT2D eigenvalue weighted by atomic mass is 10.4. The van der Waals surface area contributed by atoms with Crippen LogP contribution in [0.1, 0.15) is 6.92 Å². The van der Waals surface area contributed by atoms with Crippen LogP contribution in [0.5, 0.6) is 5.88 Å². The van der Waals surface area contributed by atoms with Gasteiger partial charge in [-0.3, -0.25) is 15.5 Å². The largest absolute Gasteiger partial charge is 0.456 e. The predicted octanol–water partition coefficient (Wildman–Crippen LogP) is 0.0709. The van der Waals surface area contributed by atoms with Crippen molar-refractivity contribution in [2.45, 2.75) is 13.0 Å². The van der Waals surface area contributed by atoms with Gasteiger partial charge in [0.1, 0.15) is 6.20 Å². The van der Waals surface area contributed by atoms with E-state index in [0.717, 1.165) is 6.20 Å². The first-order valence-electron chi connectivity index (χ1n) is 4.19. The van der Waals surface area contributed by atoms with E-state index in [9.17, 15) is 10.1 Å². The summed E-state index contributed by atoms with van der Waals surface area (Å²) in [4.78, 5) is 17.3. The van der Waals surface area contributed by atoms with Crippen LogP contribution in [0.15, 0.2) is 6.20 Å². The molecule has 0 aromatic carbocycles. The zero-order chi connectivity index (χ0) is 12.1. The van der Waals surface area contributed by atoms with Crippen LogP contribution in [0.4, 0.5) is 11.6 Å². The summed E-state index contributed by atoms with van der Waals surface area (Å²) < 4.78 is 5.07. The maximum Gasteiger partial charge on any atom is 0.349 e. The van der Waals surface area contributed by atoms with Gasteiger partial charge in [0.05, 0.1) is 4.92 Å². The Bertz CT molecular complexity index is 442. The van der Waals surface area contributed by atoms with Gasteiger partial charge in [0, 0.05) is 0 Å². The number of nitro groups is 1. The summed E-state index contributed by atoms with van der Waals surface area (Å²) in [5.41, 5.74) is 1.77. The molecule has 0 spiro atoms. The molecular formula is C8H9N5O3. The number of hydrazine groups is 1. The number of anilines is 1. The Hall–Kier alpha value is -2.40. The molecule has 0 aliphatic heterocycles. The molecule has 0 radical (unpaired) electrons. The standard InChI is InChI=1S/C8H9N5O3/c1-3-5(2)16-7-6(13(14)15)4-10-8(11-7)12-9/h1,4-5H,9H2,2H3,(H,10,11,12). The van der Waals surface area contributed by atoms with Crippen molar-refractivity contribution in [3.63, 3.8) is 0 Å². The predicted molar refractivity (Wildman–Crippen MR) is 55.4 cm³/mol. The minimum absolute atomic E-state index is 0.00446. The van der Waals surface area contributed by atoms with Crippen molar-refractivity contribution < 1.29 is 9.66 Å². The number of terminal acetylenes is 1. The summed E-state index contributed by atoms with van der Waals surface area (Å²) in [5, 5.41) is 10.6. The number of ether oxygens (including phenoxy) is 1.